The fourth-order valence-corrected chi connectivity index (χ4v) is 2.32. The van der Waals surface area contributed by atoms with E-state index in [9.17, 15) is 9.59 Å². The van der Waals surface area contributed by atoms with Gasteiger partial charge < -0.3 is 24.8 Å². The number of anilines is 2. The van der Waals surface area contributed by atoms with Crippen LogP contribution < -0.4 is 20.3 Å². The Bertz CT molecular complexity index is 729. The first-order chi connectivity index (χ1) is 12.0. The van der Waals surface area contributed by atoms with Gasteiger partial charge in [0.25, 0.3) is 11.8 Å². The lowest BCUT2D eigenvalue weighted by Gasteiger charge is -2.17. The molecular weight excluding hydrogens is 324 g/mol. The smallest absolute Gasteiger partial charge is 0.280 e. The largest absolute Gasteiger partial charge is 0.495 e. The minimum atomic E-state index is -0.227. The zero-order valence-corrected chi connectivity index (χ0v) is 14.6. The second-order valence-electron chi connectivity index (χ2n) is 5.58. The van der Waals surface area contributed by atoms with Crippen LogP contribution in [0.4, 0.5) is 11.5 Å². The molecule has 3 N–H and O–H groups in total. The predicted molar refractivity (Wildman–Crippen MR) is 92.7 cm³/mol. The lowest BCUT2D eigenvalue weighted by molar-refractivity contribution is -0.881. The van der Waals surface area contributed by atoms with Gasteiger partial charge in [0.05, 0.1) is 19.3 Å². The number of aromatic nitrogens is 1. The highest BCUT2D eigenvalue weighted by Gasteiger charge is 2.18. The van der Waals surface area contributed by atoms with E-state index in [4.69, 9.17) is 9.26 Å². The van der Waals surface area contributed by atoms with Crippen molar-refractivity contribution >= 4 is 23.3 Å². The molecule has 0 saturated heterocycles. The topological polar surface area (TPSA) is 97.9 Å². The Morgan fingerprint density at radius 1 is 1.20 bits per heavy atom. The molecule has 1 unspecified atom stereocenters. The molecule has 2 rings (SSSR count). The van der Waals surface area contributed by atoms with E-state index in [-0.39, 0.29) is 24.9 Å². The van der Waals surface area contributed by atoms with Crippen LogP contribution in [0.25, 0.3) is 0 Å². The van der Waals surface area contributed by atoms with E-state index in [1.165, 1.54) is 0 Å². The molecule has 0 aliphatic heterocycles. The molecule has 1 aromatic carbocycles. The maximum Gasteiger partial charge on any atom is 0.280 e. The Labute approximate surface area is 146 Å². The van der Waals surface area contributed by atoms with Crippen molar-refractivity contribution in [3.05, 3.63) is 36.1 Å². The number of quaternary nitrogens is 1. The molecule has 1 aromatic heterocycles. The van der Waals surface area contributed by atoms with Gasteiger partial charge >= 0.3 is 0 Å². The maximum absolute atomic E-state index is 12.2. The van der Waals surface area contributed by atoms with Crippen LogP contribution >= 0.6 is 0 Å². The maximum atomic E-state index is 12.2. The zero-order chi connectivity index (χ0) is 18.2. The lowest BCUT2D eigenvalue weighted by Crippen LogP contribution is -3.13. The van der Waals surface area contributed by atoms with Crippen molar-refractivity contribution in [3.63, 3.8) is 0 Å². The third-order valence-electron chi connectivity index (χ3n) is 3.60. The molecule has 1 atom stereocenters. The Morgan fingerprint density at radius 2 is 1.88 bits per heavy atom. The van der Waals surface area contributed by atoms with Crippen LogP contribution in [0.2, 0.25) is 0 Å². The molecule has 8 heteroatoms. The van der Waals surface area contributed by atoms with Gasteiger partial charge in [-0.25, -0.2) is 0 Å². The highest BCUT2D eigenvalue weighted by atomic mass is 16.5. The summed E-state index contributed by atoms with van der Waals surface area (Å²) in [6, 6.07) is 8.82. The summed E-state index contributed by atoms with van der Waals surface area (Å²) in [5.74, 6) is 1.16. The first-order valence-corrected chi connectivity index (χ1v) is 8.01. The number of hydrogen-bond acceptors (Lipinski definition) is 5. The standard InChI is InChI=1S/C17H22N4O4/c1-4-21(11-17(23)19-15-9-12(2)25-20-15)10-16(22)18-13-7-5-6-8-14(13)24-3/h5-9H,4,10-11H2,1-3H3,(H,18,22)(H,19,20,23)/p+1. The Kier molecular flexibility index (Phi) is 6.53. The Hall–Kier alpha value is -2.87. The zero-order valence-electron chi connectivity index (χ0n) is 14.6. The molecule has 0 aliphatic carbocycles. The number of rotatable bonds is 8. The van der Waals surface area contributed by atoms with Crippen LogP contribution in [0.15, 0.2) is 34.9 Å². The molecule has 0 saturated carbocycles. The Morgan fingerprint density at radius 3 is 2.48 bits per heavy atom. The fourth-order valence-electron chi connectivity index (χ4n) is 2.32. The van der Waals surface area contributed by atoms with Crippen molar-refractivity contribution in [2.24, 2.45) is 0 Å². The van der Waals surface area contributed by atoms with Gasteiger partial charge in [-0.1, -0.05) is 17.3 Å². The van der Waals surface area contributed by atoms with E-state index in [0.29, 0.717) is 29.6 Å². The molecule has 0 spiro atoms. The number of carbonyl (C=O) groups excluding carboxylic acids is 2. The number of hydrogen-bond donors (Lipinski definition) is 3. The molecule has 134 valence electrons. The minimum absolute atomic E-state index is 0.155. The summed E-state index contributed by atoms with van der Waals surface area (Å²) in [6.07, 6.45) is 0. The first-order valence-electron chi connectivity index (χ1n) is 8.01. The molecule has 1 heterocycles. The molecule has 0 fully saturated rings. The van der Waals surface area contributed by atoms with E-state index in [1.807, 2.05) is 19.1 Å². The van der Waals surface area contributed by atoms with E-state index in [2.05, 4.69) is 15.8 Å². The molecule has 0 bridgehead atoms. The third-order valence-corrected chi connectivity index (χ3v) is 3.60. The van der Waals surface area contributed by atoms with E-state index in [0.717, 1.165) is 4.90 Å². The summed E-state index contributed by atoms with van der Waals surface area (Å²) in [7, 11) is 1.55. The van der Waals surface area contributed by atoms with Gasteiger partial charge in [-0.3, -0.25) is 9.59 Å². The van der Waals surface area contributed by atoms with Gasteiger partial charge in [-0.15, -0.1) is 0 Å². The normalized spacial score (nSPS) is 11.6. The van der Waals surface area contributed by atoms with Crippen LogP contribution in [-0.2, 0) is 9.59 Å². The van der Waals surface area contributed by atoms with Crippen molar-refractivity contribution in [2.45, 2.75) is 13.8 Å². The first kappa shape index (κ1) is 18.5. The van der Waals surface area contributed by atoms with Crippen LogP contribution in [0.1, 0.15) is 12.7 Å². The number of amides is 2. The second-order valence-corrected chi connectivity index (χ2v) is 5.58. The minimum Gasteiger partial charge on any atom is -0.495 e. The van der Waals surface area contributed by atoms with Crippen LogP contribution in [0.5, 0.6) is 5.75 Å². The number of nitrogens with one attached hydrogen (secondary N) is 3. The SMILES string of the molecule is CC[NH+](CC(=O)Nc1cc(C)on1)CC(=O)Nc1ccccc1OC. The van der Waals surface area contributed by atoms with Crippen molar-refractivity contribution in [2.75, 3.05) is 37.4 Å². The molecule has 2 amide bonds. The molecule has 2 aromatic rings. The van der Waals surface area contributed by atoms with Crippen LogP contribution in [0.3, 0.4) is 0 Å². The number of para-hydroxylation sites is 2. The highest BCUT2D eigenvalue weighted by molar-refractivity contribution is 5.93. The number of likely N-dealkylation sites (N-methyl/N-ethyl adjacent to an activating group) is 1. The molecule has 0 aliphatic rings. The van der Waals surface area contributed by atoms with E-state index >= 15 is 0 Å². The van der Waals surface area contributed by atoms with Crippen molar-refractivity contribution in [1.82, 2.24) is 5.16 Å². The molecule has 0 radical (unpaired) electrons. The number of benzene rings is 1. The number of carbonyl (C=O) groups is 2. The number of nitrogens with zero attached hydrogens (tertiary/aromatic N) is 1. The van der Waals surface area contributed by atoms with Gasteiger partial charge in [-0.05, 0) is 26.0 Å². The third kappa shape index (κ3) is 5.61. The summed E-state index contributed by atoms with van der Waals surface area (Å²) in [5.41, 5.74) is 0.605. The van der Waals surface area contributed by atoms with Crippen LogP contribution in [-0.4, -0.2) is 43.7 Å². The van der Waals surface area contributed by atoms with E-state index in [1.54, 1.807) is 32.2 Å². The number of ether oxygens (including phenoxy) is 1. The quantitative estimate of drug-likeness (QED) is 0.645. The lowest BCUT2D eigenvalue weighted by atomic mass is 10.3. The summed E-state index contributed by atoms with van der Waals surface area (Å²) < 4.78 is 10.1. The van der Waals surface area contributed by atoms with Crippen LogP contribution in [0, 0.1) is 6.92 Å². The van der Waals surface area contributed by atoms with Crippen molar-refractivity contribution in [3.8, 4) is 5.75 Å². The van der Waals surface area contributed by atoms with Gasteiger partial charge in [0.15, 0.2) is 18.9 Å². The molecule has 8 nitrogen and oxygen atoms in total. The monoisotopic (exact) mass is 347 g/mol. The molecular formula is C17H23N4O4+. The average molecular weight is 347 g/mol. The van der Waals surface area contributed by atoms with Crippen molar-refractivity contribution in [1.29, 1.82) is 0 Å². The summed E-state index contributed by atoms with van der Waals surface area (Å²) >= 11 is 0. The van der Waals surface area contributed by atoms with E-state index < -0.39 is 0 Å². The number of aryl methyl sites for hydroxylation is 1. The Balaban J connectivity index is 1.87. The predicted octanol–water partition coefficient (Wildman–Crippen LogP) is 0.474. The fraction of sp³-hybridized carbons (Fsp3) is 0.353. The number of methoxy groups -OCH3 is 1. The summed E-state index contributed by atoms with van der Waals surface area (Å²) in [5, 5.41) is 9.18. The highest BCUT2D eigenvalue weighted by Crippen LogP contribution is 2.22. The van der Waals surface area contributed by atoms with Gasteiger partial charge in [0, 0.05) is 6.07 Å². The van der Waals surface area contributed by atoms with Gasteiger partial charge in [-0.2, -0.15) is 0 Å². The van der Waals surface area contributed by atoms with Gasteiger partial charge in [0.1, 0.15) is 11.5 Å². The van der Waals surface area contributed by atoms with Crippen molar-refractivity contribution < 1.29 is 23.7 Å². The second kappa shape index (κ2) is 8.84. The molecule has 25 heavy (non-hydrogen) atoms. The average Bonchev–Trinajstić information content (AvgIpc) is 2.99. The summed E-state index contributed by atoms with van der Waals surface area (Å²) in [4.78, 5) is 25.1. The summed E-state index contributed by atoms with van der Waals surface area (Å²) in [6.45, 7) is 4.61. The van der Waals surface area contributed by atoms with Gasteiger partial charge in [0.2, 0.25) is 0 Å².